The maximum absolute atomic E-state index is 12.3. The lowest BCUT2D eigenvalue weighted by Crippen LogP contribution is -2.11. The molecule has 5 aromatic rings. The van der Waals surface area contributed by atoms with Crippen molar-refractivity contribution in [3.8, 4) is 22.8 Å². The summed E-state index contributed by atoms with van der Waals surface area (Å²) in [6, 6.07) is 24.3. The van der Waals surface area contributed by atoms with Gasteiger partial charge in [0, 0.05) is 16.7 Å². The molecule has 5 rings (SSSR count). The van der Waals surface area contributed by atoms with Crippen LogP contribution in [0.3, 0.4) is 0 Å². The monoisotopic (exact) mass is 381 g/mol. The number of aromatic nitrogens is 4. The van der Waals surface area contributed by atoms with Crippen LogP contribution in [-0.4, -0.2) is 26.1 Å². The van der Waals surface area contributed by atoms with E-state index in [1.54, 1.807) is 24.3 Å². The molecule has 0 bridgehead atoms. The van der Waals surface area contributed by atoms with Gasteiger partial charge in [0.15, 0.2) is 0 Å². The number of amides is 1. The number of imidazole rings is 1. The van der Waals surface area contributed by atoms with E-state index >= 15 is 0 Å². The van der Waals surface area contributed by atoms with Crippen LogP contribution in [0.25, 0.3) is 33.9 Å². The van der Waals surface area contributed by atoms with E-state index in [0.717, 1.165) is 22.2 Å². The third-order valence-electron chi connectivity index (χ3n) is 4.48. The van der Waals surface area contributed by atoms with Gasteiger partial charge in [0.2, 0.25) is 0 Å². The summed E-state index contributed by atoms with van der Waals surface area (Å²) in [5, 5.41) is 10.7. The fourth-order valence-electron chi connectivity index (χ4n) is 3.10. The third kappa shape index (κ3) is 3.25. The summed E-state index contributed by atoms with van der Waals surface area (Å²) in [5.74, 6) is 0.686. The van der Waals surface area contributed by atoms with Crippen LogP contribution in [0.15, 0.2) is 83.3 Å². The smallest absolute Gasteiger partial charge is 0.322 e. The molecule has 0 fully saturated rings. The lowest BCUT2D eigenvalue weighted by Gasteiger charge is -2.03. The summed E-state index contributed by atoms with van der Waals surface area (Å²) in [6.07, 6.45) is 0. The molecule has 0 radical (unpaired) electrons. The maximum atomic E-state index is 12.3. The Kier molecular flexibility index (Phi) is 4.10. The average molecular weight is 381 g/mol. The van der Waals surface area contributed by atoms with Gasteiger partial charge in [-0.1, -0.05) is 53.6 Å². The van der Waals surface area contributed by atoms with E-state index in [1.165, 1.54) is 0 Å². The molecule has 0 atom stereocenters. The first-order valence-electron chi connectivity index (χ1n) is 9.02. The summed E-state index contributed by atoms with van der Waals surface area (Å²) >= 11 is 0. The minimum Gasteiger partial charge on any atom is -0.403 e. The number of H-pyrrole nitrogens is 1. The van der Waals surface area contributed by atoms with Crippen LogP contribution in [0.1, 0.15) is 10.4 Å². The number of carbonyl (C=O) groups is 1. The standard InChI is InChI=1S/C22H15N5O2/c28-20(14-8-2-1-3-9-14)25-22-27-26-21(29-22)16-11-5-4-10-15(16)19-23-17-12-6-7-13-18(17)24-19/h1-13H,(H,23,24)(H,25,27,28). The van der Waals surface area contributed by atoms with E-state index in [9.17, 15) is 4.79 Å². The predicted octanol–water partition coefficient (Wildman–Crippen LogP) is 4.53. The van der Waals surface area contributed by atoms with Crippen molar-refractivity contribution in [3.63, 3.8) is 0 Å². The molecule has 0 spiro atoms. The number of nitrogens with one attached hydrogen (secondary N) is 2. The highest BCUT2D eigenvalue weighted by Crippen LogP contribution is 2.31. The van der Waals surface area contributed by atoms with Gasteiger partial charge in [-0.15, -0.1) is 5.10 Å². The average Bonchev–Trinajstić information content (AvgIpc) is 3.41. The lowest BCUT2D eigenvalue weighted by atomic mass is 10.1. The van der Waals surface area contributed by atoms with Gasteiger partial charge in [-0.2, -0.15) is 0 Å². The summed E-state index contributed by atoms with van der Waals surface area (Å²) in [7, 11) is 0. The molecule has 0 saturated carbocycles. The van der Waals surface area contributed by atoms with Crippen molar-refractivity contribution in [1.82, 2.24) is 20.2 Å². The molecule has 3 aromatic carbocycles. The van der Waals surface area contributed by atoms with Crippen LogP contribution in [0, 0.1) is 0 Å². The van der Waals surface area contributed by atoms with Gasteiger partial charge in [0.1, 0.15) is 5.82 Å². The Hall–Kier alpha value is -4.26. The quantitative estimate of drug-likeness (QED) is 0.477. The van der Waals surface area contributed by atoms with E-state index in [4.69, 9.17) is 4.42 Å². The zero-order valence-electron chi connectivity index (χ0n) is 15.2. The SMILES string of the molecule is O=C(Nc1nnc(-c2ccccc2-c2nc3ccccc3[nH]2)o1)c1ccccc1. The van der Waals surface area contributed by atoms with Crippen molar-refractivity contribution in [1.29, 1.82) is 0 Å². The van der Waals surface area contributed by atoms with Crippen molar-refractivity contribution < 1.29 is 9.21 Å². The first kappa shape index (κ1) is 16.9. The van der Waals surface area contributed by atoms with Crippen LogP contribution in [0.2, 0.25) is 0 Å². The zero-order valence-corrected chi connectivity index (χ0v) is 15.2. The van der Waals surface area contributed by atoms with E-state index in [2.05, 4.69) is 25.5 Å². The molecule has 2 aromatic heterocycles. The Morgan fingerprint density at radius 1 is 0.828 bits per heavy atom. The first-order chi connectivity index (χ1) is 14.3. The Labute approximate surface area is 165 Å². The van der Waals surface area contributed by atoms with Crippen LogP contribution in [-0.2, 0) is 0 Å². The fraction of sp³-hybridized carbons (Fsp3) is 0. The number of hydrogen-bond acceptors (Lipinski definition) is 5. The van der Waals surface area contributed by atoms with Crippen LogP contribution in [0.5, 0.6) is 0 Å². The van der Waals surface area contributed by atoms with Crippen LogP contribution in [0.4, 0.5) is 6.01 Å². The molecule has 1 amide bonds. The Balaban J connectivity index is 1.47. The number of hydrogen-bond donors (Lipinski definition) is 2. The topological polar surface area (TPSA) is 96.7 Å². The van der Waals surface area contributed by atoms with Gasteiger partial charge in [-0.25, -0.2) is 4.98 Å². The van der Waals surface area contributed by atoms with Crippen molar-refractivity contribution in [2.24, 2.45) is 0 Å². The molecule has 0 aliphatic heterocycles. The van der Waals surface area contributed by atoms with Gasteiger partial charge in [0.25, 0.3) is 11.8 Å². The number of rotatable bonds is 4. The third-order valence-corrected chi connectivity index (χ3v) is 4.48. The largest absolute Gasteiger partial charge is 0.403 e. The van der Waals surface area contributed by atoms with Gasteiger partial charge >= 0.3 is 6.01 Å². The van der Waals surface area contributed by atoms with Gasteiger partial charge in [-0.05, 0) is 30.3 Å². The van der Waals surface area contributed by atoms with Crippen LogP contribution < -0.4 is 5.32 Å². The summed E-state index contributed by atoms with van der Waals surface area (Å²) in [6.45, 7) is 0. The number of nitrogens with zero attached hydrogens (tertiary/aromatic N) is 3. The number of para-hydroxylation sites is 2. The lowest BCUT2D eigenvalue weighted by molar-refractivity contribution is 0.102. The number of carbonyl (C=O) groups excluding carboxylic acids is 1. The van der Waals surface area contributed by atoms with Crippen molar-refractivity contribution in [2.45, 2.75) is 0 Å². The molecular weight excluding hydrogens is 366 g/mol. The second-order valence-electron chi connectivity index (χ2n) is 6.38. The maximum Gasteiger partial charge on any atom is 0.322 e. The van der Waals surface area contributed by atoms with E-state index < -0.39 is 0 Å². The van der Waals surface area contributed by atoms with E-state index in [0.29, 0.717) is 17.3 Å². The molecule has 0 saturated heterocycles. The van der Waals surface area contributed by atoms with Crippen molar-refractivity contribution in [2.75, 3.05) is 5.32 Å². The highest BCUT2D eigenvalue weighted by atomic mass is 16.4. The minimum absolute atomic E-state index is 0.0354. The second-order valence-corrected chi connectivity index (χ2v) is 6.38. The molecule has 140 valence electrons. The summed E-state index contributed by atoms with van der Waals surface area (Å²) in [4.78, 5) is 20.3. The Morgan fingerprint density at radius 2 is 1.55 bits per heavy atom. The summed E-state index contributed by atoms with van der Waals surface area (Å²) < 4.78 is 5.70. The highest BCUT2D eigenvalue weighted by Gasteiger charge is 2.17. The number of fused-ring (bicyclic) bond motifs is 1. The highest BCUT2D eigenvalue weighted by molar-refractivity contribution is 6.03. The van der Waals surface area contributed by atoms with Gasteiger partial charge < -0.3 is 9.40 Å². The van der Waals surface area contributed by atoms with Crippen molar-refractivity contribution in [3.05, 3.63) is 84.4 Å². The fourth-order valence-corrected chi connectivity index (χ4v) is 3.10. The van der Waals surface area contributed by atoms with Gasteiger partial charge in [0.05, 0.1) is 11.0 Å². The van der Waals surface area contributed by atoms with Crippen LogP contribution >= 0.6 is 0 Å². The molecule has 0 aliphatic rings. The molecule has 0 unspecified atom stereocenters. The first-order valence-corrected chi connectivity index (χ1v) is 9.02. The van der Waals surface area contributed by atoms with Crippen molar-refractivity contribution >= 4 is 23.0 Å². The predicted molar refractivity (Wildman–Crippen MR) is 109 cm³/mol. The molecule has 0 aliphatic carbocycles. The zero-order chi connectivity index (χ0) is 19.6. The molecular formula is C22H15N5O2. The molecule has 2 heterocycles. The minimum atomic E-state index is -0.314. The Bertz CT molecular complexity index is 1270. The molecule has 2 N–H and O–H groups in total. The molecule has 7 heteroatoms. The van der Waals surface area contributed by atoms with E-state index in [-0.39, 0.29) is 11.9 Å². The van der Waals surface area contributed by atoms with E-state index in [1.807, 2.05) is 54.6 Å². The molecule has 29 heavy (non-hydrogen) atoms. The van der Waals surface area contributed by atoms with Gasteiger partial charge in [-0.3, -0.25) is 10.1 Å². The second kappa shape index (κ2) is 7.05. The number of aromatic amines is 1. The Morgan fingerprint density at radius 3 is 2.38 bits per heavy atom. The molecule has 7 nitrogen and oxygen atoms in total. The number of anilines is 1. The number of benzene rings is 3. The summed E-state index contributed by atoms with van der Waals surface area (Å²) in [5.41, 5.74) is 3.87. The normalized spacial score (nSPS) is 10.9.